The molecular weight excluding hydrogens is 198 g/mol. The van der Waals surface area contributed by atoms with Gasteiger partial charge in [-0.05, 0) is 32.1 Å². The van der Waals surface area contributed by atoms with Crippen LogP contribution in [0.5, 0.6) is 0 Å². The summed E-state index contributed by atoms with van der Waals surface area (Å²) in [6.07, 6.45) is 11.0. The smallest absolute Gasteiger partial charge is 0.119 e. The molecule has 0 saturated heterocycles. The highest BCUT2D eigenvalue weighted by molar-refractivity contribution is 5.88. The van der Waals surface area contributed by atoms with Crippen LogP contribution in [-0.4, -0.2) is 12.0 Å². The summed E-state index contributed by atoms with van der Waals surface area (Å²) in [4.78, 5) is 14.7. The number of unbranched alkanes of at least 4 members (excludes halogenated alkanes) is 2. The predicted molar refractivity (Wildman–Crippen MR) is 68.6 cm³/mol. The predicted octanol–water partition coefficient (Wildman–Crippen LogP) is 3.69. The normalized spacial score (nSPS) is 18.2. The molecule has 1 heterocycles. The SMILES string of the molecule is C=C.O=CCCCCC1=NC(C2CC2)=CC1. The maximum absolute atomic E-state index is 10.1. The third-order valence-corrected chi connectivity index (χ3v) is 2.87. The highest BCUT2D eigenvalue weighted by atomic mass is 16.1. The second-order valence-electron chi connectivity index (χ2n) is 4.20. The monoisotopic (exact) mass is 219 g/mol. The Morgan fingerprint density at radius 2 is 2.12 bits per heavy atom. The van der Waals surface area contributed by atoms with Gasteiger partial charge in [-0.2, -0.15) is 0 Å². The van der Waals surface area contributed by atoms with E-state index in [2.05, 4.69) is 24.2 Å². The number of nitrogens with zero attached hydrogens (tertiary/aromatic N) is 1. The summed E-state index contributed by atoms with van der Waals surface area (Å²) in [5.41, 5.74) is 2.67. The van der Waals surface area contributed by atoms with Gasteiger partial charge in [-0.25, -0.2) is 0 Å². The lowest BCUT2D eigenvalue weighted by atomic mass is 10.1. The topological polar surface area (TPSA) is 29.4 Å². The van der Waals surface area contributed by atoms with Gasteiger partial charge in [-0.15, -0.1) is 13.2 Å². The molecular formula is C14H21NO. The molecule has 2 rings (SSSR count). The standard InChI is InChI=1S/C12H17NO.C2H4/c14-9-3-1-2-4-11-7-8-12(13-11)10-5-6-10;1-2/h8-10H,1-7H2;1-2H2. The lowest BCUT2D eigenvalue weighted by Crippen LogP contribution is -1.93. The lowest BCUT2D eigenvalue weighted by Gasteiger charge is -1.98. The number of allylic oxidation sites excluding steroid dienone is 2. The highest BCUT2D eigenvalue weighted by Gasteiger charge is 2.27. The molecule has 0 aromatic carbocycles. The molecule has 0 radical (unpaired) electrons. The van der Waals surface area contributed by atoms with Crippen LogP contribution < -0.4 is 0 Å². The van der Waals surface area contributed by atoms with E-state index in [4.69, 9.17) is 0 Å². The van der Waals surface area contributed by atoms with Gasteiger partial charge in [0.1, 0.15) is 6.29 Å². The van der Waals surface area contributed by atoms with Crippen LogP contribution in [-0.2, 0) is 4.79 Å². The summed E-state index contributed by atoms with van der Waals surface area (Å²) in [6, 6.07) is 0. The molecule has 2 nitrogen and oxygen atoms in total. The van der Waals surface area contributed by atoms with E-state index in [-0.39, 0.29) is 0 Å². The molecule has 16 heavy (non-hydrogen) atoms. The fourth-order valence-electron chi connectivity index (χ4n) is 1.85. The minimum absolute atomic E-state index is 0.705. The molecule has 0 aromatic rings. The number of aldehydes is 1. The van der Waals surface area contributed by atoms with E-state index in [1.807, 2.05) is 0 Å². The Morgan fingerprint density at radius 3 is 2.75 bits per heavy atom. The van der Waals surface area contributed by atoms with Crippen LogP contribution in [0.1, 0.15) is 44.9 Å². The Balaban J connectivity index is 0.000000606. The van der Waals surface area contributed by atoms with Crippen molar-refractivity contribution < 1.29 is 4.79 Å². The minimum Gasteiger partial charge on any atom is -0.303 e. The van der Waals surface area contributed by atoms with Gasteiger partial charge in [-0.1, -0.05) is 6.08 Å². The van der Waals surface area contributed by atoms with Gasteiger partial charge in [0.25, 0.3) is 0 Å². The Kier molecular flexibility index (Phi) is 5.76. The summed E-state index contributed by atoms with van der Waals surface area (Å²) in [7, 11) is 0. The van der Waals surface area contributed by atoms with Crippen LogP contribution in [0.15, 0.2) is 29.9 Å². The molecule has 88 valence electrons. The van der Waals surface area contributed by atoms with Crippen molar-refractivity contribution >= 4 is 12.0 Å². The fourth-order valence-corrected chi connectivity index (χ4v) is 1.85. The zero-order chi connectivity index (χ0) is 11.8. The second-order valence-corrected chi connectivity index (χ2v) is 4.20. The first kappa shape index (κ1) is 12.9. The van der Waals surface area contributed by atoms with E-state index in [0.29, 0.717) is 6.42 Å². The molecule has 1 saturated carbocycles. The molecule has 0 bridgehead atoms. The number of carbonyl (C=O) groups excluding carboxylic acids is 1. The summed E-state index contributed by atoms with van der Waals surface area (Å²) in [5, 5.41) is 0. The maximum Gasteiger partial charge on any atom is 0.119 e. The summed E-state index contributed by atoms with van der Waals surface area (Å²) < 4.78 is 0. The van der Waals surface area contributed by atoms with Crippen molar-refractivity contribution in [3.63, 3.8) is 0 Å². The van der Waals surface area contributed by atoms with Crippen molar-refractivity contribution in [3.8, 4) is 0 Å². The van der Waals surface area contributed by atoms with E-state index in [0.717, 1.165) is 37.9 Å². The largest absolute Gasteiger partial charge is 0.303 e. The van der Waals surface area contributed by atoms with Gasteiger partial charge in [0.05, 0.1) is 0 Å². The van der Waals surface area contributed by atoms with E-state index in [1.54, 1.807) is 0 Å². The molecule has 0 spiro atoms. The summed E-state index contributed by atoms with van der Waals surface area (Å²) in [6.45, 7) is 6.00. The van der Waals surface area contributed by atoms with Crippen LogP contribution in [0.4, 0.5) is 0 Å². The Labute approximate surface area is 98.2 Å². The van der Waals surface area contributed by atoms with Gasteiger partial charge in [-0.3, -0.25) is 4.99 Å². The number of rotatable bonds is 6. The summed E-state index contributed by atoms with van der Waals surface area (Å²) >= 11 is 0. The first-order chi connectivity index (χ1) is 7.90. The van der Waals surface area contributed by atoms with E-state index >= 15 is 0 Å². The Bertz CT molecular complexity index is 287. The van der Waals surface area contributed by atoms with E-state index in [9.17, 15) is 4.79 Å². The molecule has 0 atom stereocenters. The minimum atomic E-state index is 0.705. The molecule has 1 fully saturated rings. The molecule has 1 aliphatic heterocycles. The van der Waals surface area contributed by atoms with Crippen molar-refractivity contribution in [2.75, 3.05) is 0 Å². The van der Waals surface area contributed by atoms with Crippen molar-refractivity contribution in [1.82, 2.24) is 0 Å². The zero-order valence-corrected chi connectivity index (χ0v) is 9.95. The van der Waals surface area contributed by atoms with Gasteiger partial charge in [0.2, 0.25) is 0 Å². The van der Waals surface area contributed by atoms with Gasteiger partial charge in [0.15, 0.2) is 0 Å². The molecule has 1 aliphatic carbocycles. The number of hydrogen-bond donors (Lipinski definition) is 0. The van der Waals surface area contributed by atoms with Crippen LogP contribution in [0.2, 0.25) is 0 Å². The van der Waals surface area contributed by atoms with Crippen molar-refractivity contribution in [1.29, 1.82) is 0 Å². The average Bonchev–Trinajstić information content (AvgIpc) is 3.08. The van der Waals surface area contributed by atoms with Crippen molar-refractivity contribution in [2.24, 2.45) is 10.9 Å². The first-order valence-corrected chi connectivity index (χ1v) is 6.10. The number of aliphatic imine (C=N–C) groups is 1. The van der Waals surface area contributed by atoms with Crippen molar-refractivity contribution in [2.45, 2.75) is 44.9 Å². The fraction of sp³-hybridized carbons (Fsp3) is 0.571. The Morgan fingerprint density at radius 1 is 1.38 bits per heavy atom. The van der Waals surface area contributed by atoms with Gasteiger partial charge in [0, 0.05) is 30.2 Å². The highest BCUT2D eigenvalue weighted by Crippen LogP contribution is 2.39. The molecule has 0 amide bonds. The van der Waals surface area contributed by atoms with Crippen LogP contribution >= 0.6 is 0 Å². The summed E-state index contributed by atoms with van der Waals surface area (Å²) in [5.74, 6) is 0.794. The number of carbonyl (C=O) groups is 1. The third kappa shape index (κ3) is 4.13. The maximum atomic E-state index is 10.1. The lowest BCUT2D eigenvalue weighted by molar-refractivity contribution is -0.107. The average molecular weight is 219 g/mol. The van der Waals surface area contributed by atoms with Gasteiger partial charge >= 0.3 is 0 Å². The molecule has 0 unspecified atom stereocenters. The first-order valence-electron chi connectivity index (χ1n) is 6.10. The Hall–Kier alpha value is -1.18. The van der Waals surface area contributed by atoms with Crippen molar-refractivity contribution in [3.05, 3.63) is 24.9 Å². The van der Waals surface area contributed by atoms with Crippen LogP contribution in [0.25, 0.3) is 0 Å². The van der Waals surface area contributed by atoms with E-state index < -0.39 is 0 Å². The second kappa shape index (κ2) is 7.15. The molecule has 0 aromatic heterocycles. The number of hydrogen-bond acceptors (Lipinski definition) is 2. The zero-order valence-electron chi connectivity index (χ0n) is 9.95. The van der Waals surface area contributed by atoms with Crippen LogP contribution in [0.3, 0.4) is 0 Å². The quantitative estimate of drug-likeness (QED) is 0.380. The van der Waals surface area contributed by atoms with Crippen LogP contribution in [0, 0.1) is 5.92 Å². The molecule has 2 heteroatoms. The van der Waals surface area contributed by atoms with Gasteiger partial charge < -0.3 is 4.79 Å². The third-order valence-electron chi connectivity index (χ3n) is 2.87. The molecule has 2 aliphatic rings. The van der Waals surface area contributed by atoms with E-state index in [1.165, 1.54) is 24.3 Å². The molecule has 0 N–H and O–H groups in total.